The number of nitrogens with one attached hydrogen (secondary N) is 1. The third kappa shape index (κ3) is 6.23. The van der Waals surface area contributed by atoms with Crippen molar-refractivity contribution in [2.45, 2.75) is 64.6 Å². The first-order valence-corrected chi connectivity index (χ1v) is 8.61. The van der Waals surface area contributed by atoms with Crippen LogP contribution >= 0.6 is 0 Å². The van der Waals surface area contributed by atoms with Gasteiger partial charge in [-0.15, -0.1) is 0 Å². The Morgan fingerprint density at radius 1 is 1.24 bits per heavy atom. The second-order valence-corrected chi connectivity index (χ2v) is 6.58. The summed E-state index contributed by atoms with van der Waals surface area (Å²) < 4.78 is 10.7. The Morgan fingerprint density at radius 3 is 2.62 bits per heavy atom. The van der Waals surface area contributed by atoms with Crippen LogP contribution in [-0.4, -0.2) is 63.5 Å². The molecule has 1 saturated carbocycles. The Morgan fingerprint density at radius 2 is 2.00 bits per heavy atom. The van der Waals surface area contributed by atoms with Gasteiger partial charge in [-0.1, -0.05) is 13.8 Å². The first-order chi connectivity index (χ1) is 10.1. The summed E-state index contributed by atoms with van der Waals surface area (Å²) >= 11 is 0. The lowest BCUT2D eigenvalue weighted by molar-refractivity contribution is 0.0149. The molecule has 4 heteroatoms. The van der Waals surface area contributed by atoms with Crippen molar-refractivity contribution >= 4 is 0 Å². The molecule has 0 spiro atoms. The number of methoxy groups -OCH3 is 2. The van der Waals surface area contributed by atoms with Gasteiger partial charge in [0.2, 0.25) is 0 Å². The molecule has 1 fully saturated rings. The van der Waals surface area contributed by atoms with Crippen LogP contribution in [0, 0.1) is 5.92 Å². The Kier molecular flexibility index (Phi) is 9.49. The zero-order valence-electron chi connectivity index (χ0n) is 14.7. The summed E-state index contributed by atoms with van der Waals surface area (Å²) in [7, 11) is 3.58. The Labute approximate surface area is 131 Å². The standard InChI is InChI=1S/C17H36N2O2/c1-6-9-18-16-8-7-14(2)12-17(16)19(10-11-20-4)15(3)13-21-5/h14-18H,6-13H2,1-5H3. The van der Waals surface area contributed by atoms with E-state index in [1.54, 1.807) is 14.2 Å². The van der Waals surface area contributed by atoms with E-state index in [1.807, 2.05) is 0 Å². The predicted octanol–water partition coefficient (Wildman–Crippen LogP) is 2.53. The fourth-order valence-electron chi connectivity index (χ4n) is 3.53. The maximum absolute atomic E-state index is 5.40. The van der Waals surface area contributed by atoms with Gasteiger partial charge in [-0.3, -0.25) is 4.90 Å². The van der Waals surface area contributed by atoms with Crippen LogP contribution in [0.4, 0.5) is 0 Å². The summed E-state index contributed by atoms with van der Waals surface area (Å²) in [5, 5.41) is 3.77. The second kappa shape index (κ2) is 10.5. The maximum atomic E-state index is 5.40. The topological polar surface area (TPSA) is 33.7 Å². The van der Waals surface area contributed by atoms with Gasteiger partial charge in [-0.25, -0.2) is 0 Å². The van der Waals surface area contributed by atoms with Crippen LogP contribution in [0.2, 0.25) is 0 Å². The smallest absolute Gasteiger partial charge is 0.0615 e. The molecule has 21 heavy (non-hydrogen) atoms. The SMILES string of the molecule is CCCNC1CCC(C)CC1N(CCOC)C(C)COC. The highest BCUT2D eigenvalue weighted by atomic mass is 16.5. The quantitative estimate of drug-likeness (QED) is 0.672. The van der Waals surface area contributed by atoms with E-state index in [0.717, 1.165) is 32.2 Å². The number of nitrogens with zero attached hydrogens (tertiary/aromatic N) is 1. The van der Waals surface area contributed by atoms with E-state index in [9.17, 15) is 0 Å². The molecular formula is C17H36N2O2. The summed E-state index contributed by atoms with van der Waals surface area (Å²) in [6.07, 6.45) is 5.10. The first kappa shape index (κ1) is 18.9. The highest BCUT2D eigenvalue weighted by molar-refractivity contribution is 4.92. The summed E-state index contributed by atoms with van der Waals surface area (Å²) in [6.45, 7) is 10.6. The molecule has 0 bridgehead atoms. The number of rotatable bonds is 10. The normalized spacial score (nSPS) is 28.0. The summed E-state index contributed by atoms with van der Waals surface area (Å²) in [6, 6.07) is 1.64. The Balaban J connectivity index is 2.75. The molecule has 0 radical (unpaired) electrons. The van der Waals surface area contributed by atoms with Crippen molar-refractivity contribution in [2.24, 2.45) is 5.92 Å². The zero-order chi connectivity index (χ0) is 15.7. The summed E-state index contributed by atoms with van der Waals surface area (Å²) in [4.78, 5) is 2.61. The Bertz CT molecular complexity index is 261. The van der Waals surface area contributed by atoms with Crippen molar-refractivity contribution in [3.05, 3.63) is 0 Å². The second-order valence-electron chi connectivity index (χ2n) is 6.58. The molecule has 0 saturated heterocycles. The average Bonchev–Trinajstić information content (AvgIpc) is 2.47. The molecule has 0 aromatic carbocycles. The number of hydrogen-bond acceptors (Lipinski definition) is 4. The minimum absolute atomic E-state index is 0.436. The van der Waals surface area contributed by atoms with Crippen LogP contribution in [0.5, 0.6) is 0 Å². The van der Waals surface area contributed by atoms with Crippen LogP contribution in [0.3, 0.4) is 0 Å². The van der Waals surface area contributed by atoms with Crippen molar-refractivity contribution in [3.8, 4) is 0 Å². The van der Waals surface area contributed by atoms with Crippen molar-refractivity contribution in [3.63, 3.8) is 0 Å². The van der Waals surface area contributed by atoms with E-state index >= 15 is 0 Å². The van der Waals surface area contributed by atoms with E-state index in [1.165, 1.54) is 25.7 Å². The van der Waals surface area contributed by atoms with Gasteiger partial charge in [0.15, 0.2) is 0 Å². The number of ether oxygens (including phenoxy) is 2. The average molecular weight is 300 g/mol. The summed E-state index contributed by atoms with van der Waals surface area (Å²) in [5.41, 5.74) is 0. The van der Waals surface area contributed by atoms with E-state index in [0.29, 0.717) is 18.1 Å². The van der Waals surface area contributed by atoms with Gasteiger partial charge in [0, 0.05) is 38.9 Å². The zero-order valence-corrected chi connectivity index (χ0v) is 14.7. The molecule has 0 aromatic rings. The molecule has 1 rings (SSSR count). The van der Waals surface area contributed by atoms with Gasteiger partial charge in [0.25, 0.3) is 0 Å². The predicted molar refractivity (Wildman–Crippen MR) is 88.8 cm³/mol. The molecule has 4 atom stereocenters. The first-order valence-electron chi connectivity index (χ1n) is 8.61. The molecule has 0 aliphatic heterocycles. The molecule has 4 unspecified atom stereocenters. The monoisotopic (exact) mass is 300 g/mol. The maximum Gasteiger partial charge on any atom is 0.0615 e. The van der Waals surface area contributed by atoms with Crippen LogP contribution in [0.15, 0.2) is 0 Å². The van der Waals surface area contributed by atoms with E-state index in [-0.39, 0.29) is 0 Å². The van der Waals surface area contributed by atoms with E-state index in [2.05, 4.69) is 31.0 Å². The molecular weight excluding hydrogens is 264 g/mol. The van der Waals surface area contributed by atoms with Gasteiger partial charge in [-0.05, 0) is 45.1 Å². The molecule has 0 amide bonds. The van der Waals surface area contributed by atoms with Crippen LogP contribution < -0.4 is 5.32 Å². The number of hydrogen-bond donors (Lipinski definition) is 1. The van der Waals surface area contributed by atoms with Crippen molar-refractivity contribution in [1.82, 2.24) is 10.2 Å². The van der Waals surface area contributed by atoms with E-state index in [4.69, 9.17) is 9.47 Å². The van der Waals surface area contributed by atoms with Crippen LogP contribution in [-0.2, 0) is 9.47 Å². The molecule has 1 aliphatic rings. The minimum atomic E-state index is 0.436. The molecule has 4 nitrogen and oxygen atoms in total. The van der Waals surface area contributed by atoms with Gasteiger partial charge in [-0.2, -0.15) is 0 Å². The molecule has 126 valence electrons. The fourth-order valence-corrected chi connectivity index (χ4v) is 3.53. The lowest BCUT2D eigenvalue weighted by atomic mass is 9.82. The highest BCUT2D eigenvalue weighted by Gasteiger charge is 2.34. The fraction of sp³-hybridized carbons (Fsp3) is 1.00. The summed E-state index contributed by atoms with van der Waals surface area (Å²) in [5.74, 6) is 0.814. The van der Waals surface area contributed by atoms with Gasteiger partial charge < -0.3 is 14.8 Å². The van der Waals surface area contributed by atoms with Crippen LogP contribution in [0.1, 0.15) is 46.5 Å². The largest absolute Gasteiger partial charge is 0.383 e. The van der Waals surface area contributed by atoms with Crippen molar-refractivity contribution in [1.29, 1.82) is 0 Å². The molecule has 1 aliphatic carbocycles. The third-order valence-corrected chi connectivity index (χ3v) is 4.69. The minimum Gasteiger partial charge on any atom is -0.383 e. The lowest BCUT2D eigenvalue weighted by Crippen LogP contribution is -2.57. The molecule has 1 N–H and O–H groups in total. The van der Waals surface area contributed by atoms with Crippen molar-refractivity contribution in [2.75, 3.05) is 40.5 Å². The molecule has 0 heterocycles. The Hall–Kier alpha value is -0.160. The van der Waals surface area contributed by atoms with E-state index < -0.39 is 0 Å². The highest BCUT2D eigenvalue weighted by Crippen LogP contribution is 2.29. The van der Waals surface area contributed by atoms with Gasteiger partial charge >= 0.3 is 0 Å². The third-order valence-electron chi connectivity index (χ3n) is 4.69. The molecule has 0 aromatic heterocycles. The lowest BCUT2D eigenvalue weighted by Gasteiger charge is -2.45. The van der Waals surface area contributed by atoms with Gasteiger partial charge in [0.05, 0.1) is 13.2 Å². The van der Waals surface area contributed by atoms with Gasteiger partial charge in [0.1, 0.15) is 0 Å². The van der Waals surface area contributed by atoms with Crippen LogP contribution in [0.25, 0.3) is 0 Å². The van der Waals surface area contributed by atoms with Crippen molar-refractivity contribution < 1.29 is 9.47 Å².